The maximum atomic E-state index is 13.8. The molecule has 5 heteroatoms. The fourth-order valence-corrected chi connectivity index (χ4v) is 1.94. The Kier molecular flexibility index (Phi) is 3.98. The molecule has 0 aliphatic carbocycles. The normalized spacial score (nSPS) is 10.3. The molecule has 0 saturated heterocycles. The molecule has 0 unspecified atom stereocenters. The maximum Gasteiger partial charge on any atom is 0.261 e. The van der Waals surface area contributed by atoms with Crippen LogP contribution in [0.2, 0.25) is 0 Å². The molecule has 0 aromatic heterocycles. The molecule has 0 heterocycles. The predicted octanol–water partition coefficient (Wildman–Crippen LogP) is 3.21. The van der Waals surface area contributed by atoms with Gasteiger partial charge in [-0.3, -0.25) is 4.79 Å². The molecule has 0 aliphatic rings. The van der Waals surface area contributed by atoms with E-state index in [1.54, 1.807) is 13.0 Å². The van der Waals surface area contributed by atoms with Crippen LogP contribution in [0.4, 0.5) is 20.2 Å². The number of benzene rings is 2. The Bertz CT molecular complexity index is 644. The Morgan fingerprint density at radius 2 is 1.95 bits per heavy atom. The first-order valence-corrected chi connectivity index (χ1v) is 6.15. The molecule has 2 aromatic rings. The highest BCUT2D eigenvalue weighted by molar-refractivity contribution is 6.06. The summed E-state index contributed by atoms with van der Waals surface area (Å²) in [4.78, 5) is 13.6. The average molecular weight is 276 g/mol. The number of nitrogen functional groups attached to an aromatic ring is 1. The first-order valence-electron chi connectivity index (χ1n) is 6.15. The number of hydrogen-bond acceptors (Lipinski definition) is 2. The number of nitrogens with two attached hydrogens (primary N) is 1. The zero-order chi connectivity index (χ0) is 14.7. The molecule has 2 aromatic carbocycles. The Hall–Kier alpha value is -2.43. The number of nitrogens with zero attached hydrogens (tertiary/aromatic N) is 1. The minimum absolute atomic E-state index is 0.0923. The van der Waals surface area contributed by atoms with E-state index in [9.17, 15) is 13.6 Å². The summed E-state index contributed by atoms with van der Waals surface area (Å²) in [5.74, 6) is -1.67. The Balaban J connectivity index is 2.39. The molecule has 3 nitrogen and oxygen atoms in total. The van der Waals surface area contributed by atoms with Gasteiger partial charge < -0.3 is 10.6 Å². The van der Waals surface area contributed by atoms with E-state index in [1.807, 2.05) is 0 Å². The number of anilines is 2. The molecule has 0 bridgehead atoms. The van der Waals surface area contributed by atoms with Gasteiger partial charge in [0.05, 0.1) is 5.56 Å². The third-order valence-electron chi connectivity index (χ3n) is 2.90. The SMILES string of the molecule is CCN(C(=O)c1ccc(N)cc1F)c1cccc(F)c1. The van der Waals surface area contributed by atoms with Crippen LogP contribution >= 0.6 is 0 Å². The lowest BCUT2D eigenvalue weighted by molar-refractivity contribution is 0.0984. The molecule has 0 spiro atoms. The number of carbonyl (C=O) groups excluding carboxylic acids is 1. The fraction of sp³-hybridized carbons (Fsp3) is 0.133. The van der Waals surface area contributed by atoms with Gasteiger partial charge in [-0.1, -0.05) is 6.07 Å². The molecule has 2 N–H and O–H groups in total. The van der Waals surface area contributed by atoms with E-state index < -0.39 is 17.5 Å². The van der Waals surface area contributed by atoms with E-state index in [4.69, 9.17) is 5.73 Å². The van der Waals surface area contributed by atoms with Crippen molar-refractivity contribution in [2.75, 3.05) is 17.2 Å². The van der Waals surface area contributed by atoms with Gasteiger partial charge in [-0.15, -0.1) is 0 Å². The van der Waals surface area contributed by atoms with Crippen molar-refractivity contribution in [3.63, 3.8) is 0 Å². The highest BCUT2D eigenvalue weighted by atomic mass is 19.1. The van der Waals surface area contributed by atoms with Crippen molar-refractivity contribution in [1.29, 1.82) is 0 Å². The van der Waals surface area contributed by atoms with Gasteiger partial charge in [0.2, 0.25) is 0 Å². The quantitative estimate of drug-likeness (QED) is 0.875. The highest BCUT2D eigenvalue weighted by Gasteiger charge is 2.19. The number of halogens is 2. The standard InChI is InChI=1S/C15H14F2N2O/c1-2-19(12-5-3-4-10(16)8-12)15(20)13-7-6-11(18)9-14(13)17/h3-9H,2,18H2,1H3. The van der Waals surface area contributed by atoms with Gasteiger partial charge in [0.1, 0.15) is 11.6 Å². The molecule has 2 rings (SSSR count). The van der Waals surface area contributed by atoms with E-state index in [0.717, 1.165) is 6.07 Å². The number of hydrogen-bond donors (Lipinski definition) is 1. The van der Waals surface area contributed by atoms with Crippen LogP contribution in [0.25, 0.3) is 0 Å². The van der Waals surface area contributed by atoms with Crippen molar-refractivity contribution in [3.05, 3.63) is 59.7 Å². The van der Waals surface area contributed by atoms with Crippen LogP contribution in [0.15, 0.2) is 42.5 Å². The highest BCUT2D eigenvalue weighted by Crippen LogP contribution is 2.20. The van der Waals surface area contributed by atoms with Gasteiger partial charge in [-0.25, -0.2) is 8.78 Å². The van der Waals surface area contributed by atoms with Gasteiger partial charge in [-0.05, 0) is 43.3 Å². The van der Waals surface area contributed by atoms with Crippen LogP contribution in [0.1, 0.15) is 17.3 Å². The summed E-state index contributed by atoms with van der Waals surface area (Å²) >= 11 is 0. The van der Waals surface area contributed by atoms with Gasteiger partial charge in [0, 0.05) is 17.9 Å². The van der Waals surface area contributed by atoms with Crippen LogP contribution in [0.3, 0.4) is 0 Å². The summed E-state index contributed by atoms with van der Waals surface area (Å²) in [6.45, 7) is 2.03. The van der Waals surface area contributed by atoms with Gasteiger partial charge in [0.15, 0.2) is 0 Å². The van der Waals surface area contributed by atoms with E-state index in [0.29, 0.717) is 12.2 Å². The number of amides is 1. The molecule has 0 radical (unpaired) electrons. The monoisotopic (exact) mass is 276 g/mol. The van der Waals surface area contributed by atoms with E-state index >= 15 is 0 Å². The van der Waals surface area contributed by atoms with Gasteiger partial charge in [0.25, 0.3) is 5.91 Å². The van der Waals surface area contributed by atoms with E-state index in [-0.39, 0.29) is 11.3 Å². The van der Waals surface area contributed by atoms with Crippen LogP contribution in [0.5, 0.6) is 0 Å². The van der Waals surface area contributed by atoms with Gasteiger partial charge >= 0.3 is 0 Å². The Morgan fingerprint density at radius 3 is 2.55 bits per heavy atom. The van der Waals surface area contributed by atoms with Crippen LogP contribution in [0, 0.1) is 11.6 Å². The topological polar surface area (TPSA) is 46.3 Å². The molecule has 20 heavy (non-hydrogen) atoms. The second-order valence-corrected chi connectivity index (χ2v) is 4.27. The largest absolute Gasteiger partial charge is 0.399 e. The summed E-state index contributed by atoms with van der Waals surface area (Å²) in [6, 6.07) is 9.49. The minimum Gasteiger partial charge on any atom is -0.399 e. The van der Waals surface area contributed by atoms with Crippen LogP contribution < -0.4 is 10.6 Å². The Morgan fingerprint density at radius 1 is 1.20 bits per heavy atom. The molecule has 0 aliphatic heterocycles. The average Bonchev–Trinajstić information content (AvgIpc) is 2.39. The summed E-state index contributed by atoms with van der Waals surface area (Å²) in [5, 5.41) is 0. The second kappa shape index (κ2) is 5.69. The molecule has 104 valence electrons. The van der Waals surface area contributed by atoms with Crippen molar-refractivity contribution in [1.82, 2.24) is 0 Å². The zero-order valence-corrected chi connectivity index (χ0v) is 10.9. The van der Waals surface area contributed by atoms with E-state index in [1.165, 1.54) is 35.2 Å². The maximum absolute atomic E-state index is 13.8. The van der Waals surface area contributed by atoms with Crippen LogP contribution in [-0.4, -0.2) is 12.5 Å². The third-order valence-corrected chi connectivity index (χ3v) is 2.90. The number of rotatable bonds is 3. The molecule has 0 atom stereocenters. The summed E-state index contributed by atoms with van der Waals surface area (Å²) in [5.41, 5.74) is 5.99. The van der Waals surface area contributed by atoms with Crippen molar-refractivity contribution in [3.8, 4) is 0 Å². The fourth-order valence-electron chi connectivity index (χ4n) is 1.94. The Labute approximate surface area is 115 Å². The first kappa shape index (κ1) is 14.0. The van der Waals surface area contributed by atoms with Crippen LogP contribution in [-0.2, 0) is 0 Å². The number of carbonyl (C=O) groups is 1. The van der Waals surface area contributed by atoms with E-state index in [2.05, 4.69) is 0 Å². The lowest BCUT2D eigenvalue weighted by Gasteiger charge is -2.21. The predicted molar refractivity (Wildman–Crippen MR) is 74.6 cm³/mol. The lowest BCUT2D eigenvalue weighted by Crippen LogP contribution is -2.31. The lowest BCUT2D eigenvalue weighted by atomic mass is 10.1. The smallest absolute Gasteiger partial charge is 0.261 e. The first-order chi connectivity index (χ1) is 9.52. The summed E-state index contributed by atoms with van der Waals surface area (Å²) < 4.78 is 27.0. The molecule has 0 fully saturated rings. The molecule has 0 saturated carbocycles. The molecule has 1 amide bonds. The minimum atomic E-state index is -0.690. The van der Waals surface area contributed by atoms with Crippen molar-refractivity contribution >= 4 is 17.3 Å². The zero-order valence-electron chi connectivity index (χ0n) is 10.9. The molecular weight excluding hydrogens is 262 g/mol. The van der Waals surface area contributed by atoms with Gasteiger partial charge in [-0.2, -0.15) is 0 Å². The molecular formula is C15H14F2N2O. The summed E-state index contributed by atoms with van der Waals surface area (Å²) in [7, 11) is 0. The summed E-state index contributed by atoms with van der Waals surface area (Å²) in [6.07, 6.45) is 0. The third kappa shape index (κ3) is 2.77. The van der Waals surface area contributed by atoms with Crippen molar-refractivity contribution in [2.45, 2.75) is 6.92 Å². The van der Waals surface area contributed by atoms with Crippen molar-refractivity contribution in [2.24, 2.45) is 0 Å². The van der Waals surface area contributed by atoms with Crippen molar-refractivity contribution < 1.29 is 13.6 Å². The second-order valence-electron chi connectivity index (χ2n) is 4.27.